The van der Waals surface area contributed by atoms with Gasteiger partial charge in [0.1, 0.15) is 12.3 Å². The largest absolute Gasteiger partial charge is 0.481 e. The fourth-order valence-electron chi connectivity index (χ4n) is 2.74. The molecular formula is C19H20N8O5. The maximum absolute atomic E-state index is 11.9. The number of hydrogen-bond donors (Lipinski definition) is 5. The van der Waals surface area contributed by atoms with Gasteiger partial charge in [0.25, 0.3) is 5.56 Å². The van der Waals surface area contributed by atoms with Crippen LogP contribution < -0.4 is 22.5 Å². The lowest BCUT2D eigenvalue weighted by Crippen LogP contribution is -2.18. The summed E-state index contributed by atoms with van der Waals surface area (Å²) in [5.41, 5.74) is 6.99. The summed E-state index contributed by atoms with van der Waals surface area (Å²) < 4.78 is 0. The van der Waals surface area contributed by atoms with Gasteiger partial charge in [-0.25, -0.2) is 15.0 Å². The number of nitrogens with two attached hydrogens (primary N) is 2. The molecule has 2 heterocycles. The minimum atomic E-state index is -1.03. The predicted molar refractivity (Wildman–Crippen MR) is 115 cm³/mol. The topological polar surface area (TPSA) is 212 Å². The number of rotatable bonds is 9. The monoisotopic (exact) mass is 440 g/mol. The highest BCUT2D eigenvalue weighted by Crippen LogP contribution is 2.13. The van der Waals surface area contributed by atoms with Crippen molar-refractivity contribution in [1.82, 2.24) is 19.9 Å². The molecule has 0 aliphatic carbocycles. The van der Waals surface area contributed by atoms with E-state index in [0.29, 0.717) is 23.2 Å². The first-order valence-corrected chi connectivity index (χ1v) is 9.37. The first-order valence-electron chi connectivity index (χ1n) is 9.37. The van der Waals surface area contributed by atoms with Crippen molar-refractivity contribution in [3.05, 3.63) is 52.1 Å². The number of nitrogens with zero attached hydrogens (tertiary/aromatic N) is 4. The van der Waals surface area contributed by atoms with Gasteiger partial charge in [0.05, 0.1) is 18.4 Å². The first kappa shape index (κ1) is 22.3. The summed E-state index contributed by atoms with van der Waals surface area (Å²) in [4.78, 5) is 57.2. The van der Waals surface area contributed by atoms with E-state index in [1.165, 1.54) is 6.20 Å². The minimum absolute atomic E-state index is 0.00503. The third kappa shape index (κ3) is 5.60. The van der Waals surface area contributed by atoms with Gasteiger partial charge in [-0.1, -0.05) is 0 Å². The summed E-state index contributed by atoms with van der Waals surface area (Å²) in [5, 5.41) is 11.9. The number of nitrogen functional groups attached to an aromatic ring is 1. The fourth-order valence-corrected chi connectivity index (χ4v) is 2.74. The number of benzene rings is 1. The van der Waals surface area contributed by atoms with Gasteiger partial charge in [0, 0.05) is 17.7 Å². The zero-order valence-electron chi connectivity index (χ0n) is 16.7. The third-order valence-electron chi connectivity index (χ3n) is 4.30. The molecule has 1 atom stereocenters. The molecule has 3 rings (SSSR count). The minimum Gasteiger partial charge on any atom is -0.481 e. The molecule has 0 fully saturated rings. The Hall–Kier alpha value is -4.39. The number of aromatic nitrogens is 4. The summed E-state index contributed by atoms with van der Waals surface area (Å²) in [6.07, 6.45) is 1.85. The number of aromatic amines is 1. The van der Waals surface area contributed by atoms with Crippen molar-refractivity contribution < 1.29 is 19.5 Å². The second-order valence-corrected chi connectivity index (χ2v) is 6.60. The number of carbonyl (C=O) groups is 2. The number of aliphatic imine (C=N–C) groups is 1. The molecule has 32 heavy (non-hydrogen) atoms. The molecule has 13 heteroatoms. The number of H-pyrrole nitrogens is 1. The van der Waals surface area contributed by atoms with E-state index in [9.17, 15) is 14.4 Å². The van der Waals surface area contributed by atoms with E-state index in [-0.39, 0.29) is 42.4 Å². The quantitative estimate of drug-likeness (QED) is 0.129. The van der Waals surface area contributed by atoms with E-state index in [0.717, 1.165) is 0 Å². The van der Waals surface area contributed by atoms with Crippen LogP contribution >= 0.6 is 0 Å². The molecule has 166 valence electrons. The van der Waals surface area contributed by atoms with Crippen molar-refractivity contribution >= 4 is 41.0 Å². The highest BCUT2D eigenvalue weighted by molar-refractivity contribution is 5.95. The van der Waals surface area contributed by atoms with Crippen LogP contribution in [-0.2, 0) is 21.0 Å². The average Bonchev–Trinajstić information content (AvgIpc) is 2.78. The van der Waals surface area contributed by atoms with Crippen LogP contribution in [0.4, 0.5) is 11.6 Å². The van der Waals surface area contributed by atoms with Gasteiger partial charge in [-0.3, -0.25) is 14.6 Å². The maximum atomic E-state index is 11.9. The molecule has 3 aromatic rings. The maximum Gasteiger partial charge on any atom is 0.303 e. The van der Waals surface area contributed by atoms with Crippen LogP contribution in [0.5, 0.6) is 0 Å². The van der Waals surface area contributed by atoms with E-state index in [2.05, 4.69) is 30.2 Å². The van der Waals surface area contributed by atoms with Crippen molar-refractivity contribution in [2.24, 2.45) is 10.9 Å². The van der Waals surface area contributed by atoms with Crippen LogP contribution in [0, 0.1) is 0 Å². The Kier molecular flexibility index (Phi) is 7.02. The highest BCUT2D eigenvalue weighted by atomic mass is 16.6. The summed E-state index contributed by atoms with van der Waals surface area (Å²) in [6, 6.07) is 5.88. The summed E-state index contributed by atoms with van der Waals surface area (Å²) in [7, 11) is 0. The van der Waals surface area contributed by atoms with Crippen molar-refractivity contribution in [2.45, 2.75) is 25.4 Å². The number of nitrogens with one attached hydrogen (secondary N) is 2. The normalized spacial score (nSPS) is 12.3. The van der Waals surface area contributed by atoms with Crippen molar-refractivity contribution in [3.63, 3.8) is 0 Å². The van der Waals surface area contributed by atoms with Gasteiger partial charge in [-0.2, -0.15) is 10.9 Å². The predicted octanol–water partition coefficient (Wildman–Crippen LogP) is -0.0234. The zero-order valence-corrected chi connectivity index (χ0v) is 16.7. The van der Waals surface area contributed by atoms with Crippen molar-refractivity contribution in [3.8, 4) is 0 Å². The van der Waals surface area contributed by atoms with E-state index in [1.54, 1.807) is 24.3 Å². The van der Waals surface area contributed by atoms with Gasteiger partial charge in [-0.15, -0.1) is 0 Å². The van der Waals surface area contributed by atoms with Crippen molar-refractivity contribution in [2.75, 3.05) is 11.1 Å². The number of anilines is 2. The summed E-state index contributed by atoms with van der Waals surface area (Å²) in [6.45, 7) is 0.281. The molecule has 0 aliphatic heterocycles. The Morgan fingerprint density at radius 2 is 2.06 bits per heavy atom. The van der Waals surface area contributed by atoms with Gasteiger partial charge < -0.3 is 25.8 Å². The Morgan fingerprint density at radius 1 is 1.31 bits per heavy atom. The molecule has 0 spiro atoms. The lowest BCUT2D eigenvalue weighted by molar-refractivity contribution is -0.137. The van der Waals surface area contributed by atoms with Gasteiger partial charge in [0.2, 0.25) is 11.8 Å². The number of hydrogen-bond acceptors (Lipinski definition) is 11. The lowest BCUT2D eigenvalue weighted by atomic mass is 10.1. The lowest BCUT2D eigenvalue weighted by Gasteiger charge is -2.10. The van der Waals surface area contributed by atoms with E-state index >= 15 is 0 Å². The second-order valence-electron chi connectivity index (χ2n) is 6.60. The molecule has 1 unspecified atom stereocenters. The number of aldehydes is 1. The van der Waals surface area contributed by atoms with E-state index in [4.69, 9.17) is 21.6 Å². The molecule has 0 saturated carbocycles. The third-order valence-corrected chi connectivity index (χ3v) is 4.30. The Labute approximate surface area is 180 Å². The van der Waals surface area contributed by atoms with Crippen LogP contribution in [0.25, 0.3) is 11.2 Å². The van der Waals surface area contributed by atoms with Crippen LogP contribution in [0.2, 0.25) is 0 Å². The molecule has 2 aromatic heterocycles. The Balaban J connectivity index is 1.69. The molecule has 0 radical (unpaired) electrons. The van der Waals surface area contributed by atoms with Crippen LogP contribution in [0.1, 0.15) is 24.1 Å². The van der Waals surface area contributed by atoms with Gasteiger partial charge >= 0.3 is 5.97 Å². The molecule has 0 saturated heterocycles. The number of fused-ring (bicyclic) bond motifs is 1. The highest BCUT2D eigenvalue weighted by Gasteiger charge is 2.13. The van der Waals surface area contributed by atoms with Crippen molar-refractivity contribution in [1.29, 1.82) is 0 Å². The SMILES string of the molecule is NOC(=NC(C=O)CCC(=O)O)c1ccc(NCc2cnc3nc(N)[nH]c(=O)c3n2)cc1. The second kappa shape index (κ2) is 10.1. The van der Waals surface area contributed by atoms with Gasteiger partial charge in [-0.05, 0) is 30.7 Å². The summed E-state index contributed by atoms with van der Waals surface area (Å²) in [5.74, 6) is 4.21. The number of carbonyl (C=O) groups excluding carboxylic acids is 1. The molecule has 7 N–H and O–H groups in total. The number of aliphatic carboxylic acids is 1. The van der Waals surface area contributed by atoms with E-state index < -0.39 is 17.6 Å². The Morgan fingerprint density at radius 3 is 2.72 bits per heavy atom. The Bertz CT molecular complexity index is 1210. The fraction of sp³-hybridized carbons (Fsp3) is 0.211. The molecule has 1 aromatic carbocycles. The first-order chi connectivity index (χ1) is 15.4. The molecule has 0 aliphatic rings. The van der Waals surface area contributed by atoms with Crippen LogP contribution in [0.15, 0.2) is 40.2 Å². The number of carboxylic acids is 1. The summed E-state index contributed by atoms with van der Waals surface area (Å²) >= 11 is 0. The molecular weight excluding hydrogens is 420 g/mol. The zero-order chi connectivity index (χ0) is 23.1. The molecule has 0 bridgehead atoms. The number of carboxylic acid groups (broad SMARTS) is 1. The smallest absolute Gasteiger partial charge is 0.303 e. The van der Waals surface area contributed by atoms with Gasteiger partial charge in [0.15, 0.2) is 11.2 Å². The molecule has 13 nitrogen and oxygen atoms in total. The standard InChI is InChI=1S/C19H20N8O5/c20-19-26-16-15(17(31)27-19)24-13(8-23-16)7-22-11-3-1-10(2-4-11)18(32-21)25-12(9-28)5-6-14(29)30/h1-4,8-9,12,22H,5-7,21H2,(H,29,30)(H3,20,23,26,27,31). The average molecular weight is 440 g/mol. The molecule has 0 amide bonds. The van der Waals surface area contributed by atoms with Crippen LogP contribution in [0.3, 0.4) is 0 Å². The van der Waals surface area contributed by atoms with Crippen LogP contribution in [-0.4, -0.2) is 49.2 Å². The van der Waals surface area contributed by atoms with E-state index in [1.807, 2.05) is 0 Å².